The maximum Gasteiger partial charge on any atom is 0.408 e. The molecule has 2 atom stereocenters. The van der Waals surface area contributed by atoms with Gasteiger partial charge in [0, 0.05) is 5.56 Å². The van der Waals surface area contributed by atoms with Gasteiger partial charge < -0.3 is 15.4 Å². The Morgan fingerprint density at radius 1 is 0.730 bits per heavy atom. The quantitative estimate of drug-likeness (QED) is 0.224. The average Bonchev–Trinajstić information content (AvgIpc) is 2.86. The topological polar surface area (TPSA) is 119 Å². The lowest BCUT2D eigenvalue weighted by Gasteiger charge is -2.24. The SMILES string of the molecule is CC(C)C[C@H](NC(=O)[C@H](CC(C)C)NC(=O)OCc1ccccc1)C(=O)CC(=O)C(=O)c1ccccc1. The van der Waals surface area contributed by atoms with Crippen LogP contribution in [0.4, 0.5) is 4.79 Å². The van der Waals surface area contributed by atoms with Crippen molar-refractivity contribution >= 4 is 29.4 Å². The van der Waals surface area contributed by atoms with Crippen LogP contribution >= 0.6 is 0 Å². The Morgan fingerprint density at radius 2 is 1.27 bits per heavy atom. The molecule has 0 fully saturated rings. The van der Waals surface area contributed by atoms with Gasteiger partial charge >= 0.3 is 6.09 Å². The van der Waals surface area contributed by atoms with Crippen LogP contribution in [0, 0.1) is 11.8 Å². The summed E-state index contributed by atoms with van der Waals surface area (Å²) in [7, 11) is 0. The third kappa shape index (κ3) is 10.4. The second kappa shape index (κ2) is 14.7. The van der Waals surface area contributed by atoms with Gasteiger partial charge in [0.05, 0.1) is 12.5 Å². The summed E-state index contributed by atoms with van der Waals surface area (Å²) in [4.78, 5) is 63.4. The molecule has 0 heterocycles. The molecular formula is C29H36N2O6. The van der Waals surface area contributed by atoms with Gasteiger partial charge in [-0.2, -0.15) is 0 Å². The Bertz CT molecular complexity index is 1070. The fourth-order valence-corrected chi connectivity index (χ4v) is 3.74. The van der Waals surface area contributed by atoms with E-state index < -0.39 is 47.9 Å². The lowest BCUT2D eigenvalue weighted by molar-refractivity contribution is -0.131. The molecule has 0 unspecified atom stereocenters. The highest BCUT2D eigenvalue weighted by molar-refractivity contribution is 6.46. The van der Waals surface area contributed by atoms with Crippen molar-refractivity contribution in [3.05, 3.63) is 71.8 Å². The van der Waals surface area contributed by atoms with Gasteiger partial charge in [-0.3, -0.25) is 19.2 Å². The van der Waals surface area contributed by atoms with Crippen LogP contribution in [-0.2, 0) is 25.7 Å². The van der Waals surface area contributed by atoms with Crippen LogP contribution < -0.4 is 10.6 Å². The highest BCUT2D eigenvalue weighted by Crippen LogP contribution is 2.12. The summed E-state index contributed by atoms with van der Waals surface area (Å²) >= 11 is 0. The molecule has 0 saturated carbocycles. The predicted molar refractivity (Wildman–Crippen MR) is 140 cm³/mol. The van der Waals surface area contributed by atoms with E-state index in [1.165, 1.54) is 12.1 Å². The molecule has 2 N–H and O–H groups in total. The van der Waals surface area contributed by atoms with Gasteiger partial charge in [0.2, 0.25) is 17.5 Å². The van der Waals surface area contributed by atoms with Gasteiger partial charge in [-0.05, 0) is 30.2 Å². The largest absolute Gasteiger partial charge is 0.445 e. The van der Waals surface area contributed by atoms with Crippen molar-refractivity contribution in [1.29, 1.82) is 0 Å². The minimum Gasteiger partial charge on any atom is -0.445 e. The average molecular weight is 509 g/mol. The van der Waals surface area contributed by atoms with Gasteiger partial charge in [-0.25, -0.2) is 4.79 Å². The van der Waals surface area contributed by atoms with Crippen LogP contribution in [-0.4, -0.2) is 41.4 Å². The molecule has 8 nitrogen and oxygen atoms in total. The van der Waals surface area contributed by atoms with Crippen molar-refractivity contribution in [3.63, 3.8) is 0 Å². The number of benzene rings is 2. The summed E-state index contributed by atoms with van der Waals surface area (Å²) in [5, 5.41) is 5.29. The molecule has 37 heavy (non-hydrogen) atoms. The Labute approximate surface area is 218 Å². The molecule has 198 valence electrons. The van der Waals surface area contributed by atoms with Gasteiger partial charge in [0.25, 0.3) is 0 Å². The number of alkyl carbamates (subject to hydrolysis) is 1. The monoisotopic (exact) mass is 508 g/mol. The van der Waals surface area contributed by atoms with E-state index in [4.69, 9.17) is 4.74 Å². The fourth-order valence-electron chi connectivity index (χ4n) is 3.74. The Balaban J connectivity index is 2.05. The number of nitrogens with one attached hydrogen (secondary N) is 2. The van der Waals surface area contributed by atoms with Crippen LogP contribution in [0.15, 0.2) is 60.7 Å². The van der Waals surface area contributed by atoms with Crippen molar-refractivity contribution in [2.75, 3.05) is 0 Å². The maximum atomic E-state index is 13.1. The van der Waals surface area contributed by atoms with Crippen molar-refractivity contribution < 1.29 is 28.7 Å². The molecule has 0 aliphatic heterocycles. The smallest absolute Gasteiger partial charge is 0.408 e. The zero-order valence-corrected chi connectivity index (χ0v) is 21.9. The van der Waals surface area contributed by atoms with Crippen molar-refractivity contribution in [3.8, 4) is 0 Å². The summed E-state index contributed by atoms with van der Waals surface area (Å²) in [6, 6.07) is 15.2. The molecule has 0 aromatic heterocycles. The number of amides is 2. The van der Waals surface area contributed by atoms with Crippen molar-refractivity contribution in [2.45, 2.75) is 65.6 Å². The zero-order valence-electron chi connectivity index (χ0n) is 21.9. The van der Waals surface area contributed by atoms with Crippen LogP contribution in [0.5, 0.6) is 0 Å². The Morgan fingerprint density at radius 3 is 1.84 bits per heavy atom. The first kappa shape index (κ1) is 29.4. The van der Waals surface area contributed by atoms with Gasteiger partial charge in [-0.1, -0.05) is 88.4 Å². The molecule has 0 aliphatic carbocycles. The fraction of sp³-hybridized carbons (Fsp3) is 0.414. The van der Waals surface area contributed by atoms with E-state index in [0.717, 1.165) is 5.56 Å². The first-order valence-electron chi connectivity index (χ1n) is 12.5. The number of carbonyl (C=O) groups is 5. The number of Topliss-reactive ketones (excluding diaryl/α,β-unsaturated/α-hetero) is 3. The minimum absolute atomic E-state index is 0.0292. The van der Waals surface area contributed by atoms with E-state index in [1.54, 1.807) is 18.2 Å². The second-order valence-corrected chi connectivity index (χ2v) is 9.84. The van der Waals surface area contributed by atoms with Crippen LogP contribution in [0.2, 0.25) is 0 Å². The van der Waals surface area contributed by atoms with E-state index in [2.05, 4.69) is 10.6 Å². The van der Waals surface area contributed by atoms with Crippen LogP contribution in [0.3, 0.4) is 0 Å². The summed E-state index contributed by atoms with van der Waals surface area (Å²) in [6.45, 7) is 7.63. The van der Waals surface area contributed by atoms with E-state index in [-0.39, 0.29) is 30.4 Å². The van der Waals surface area contributed by atoms with Crippen molar-refractivity contribution in [1.82, 2.24) is 10.6 Å². The van der Waals surface area contributed by atoms with Crippen LogP contribution in [0.1, 0.15) is 62.9 Å². The van der Waals surface area contributed by atoms with Gasteiger partial charge in [0.1, 0.15) is 12.6 Å². The van der Waals surface area contributed by atoms with E-state index >= 15 is 0 Å². The summed E-state index contributed by atoms with van der Waals surface area (Å²) < 4.78 is 5.25. The maximum absolute atomic E-state index is 13.1. The minimum atomic E-state index is -0.975. The number of ether oxygens (including phenoxy) is 1. The second-order valence-electron chi connectivity index (χ2n) is 9.84. The lowest BCUT2D eigenvalue weighted by atomic mass is 9.94. The van der Waals surface area contributed by atoms with E-state index in [0.29, 0.717) is 6.42 Å². The zero-order chi connectivity index (χ0) is 27.4. The lowest BCUT2D eigenvalue weighted by Crippen LogP contribution is -2.52. The number of hydrogen-bond acceptors (Lipinski definition) is 6. The van der Waals surface area contributed by atoms with E-state index in [9.17, 15) is 24.0 Å². The predicted octanol–water partition coefficient (Wildman–Crippen LogP) is 4.27. The highest BCUT2D eigenvalue weighted by atomic mass is 16.5. The normalized spacial score (nSPS) is 12.5. The third-order valence-corrected chi connectivity index (χ3v) is 5.56. The van der Waals surface area contributed by atoms with Gasteiger partial charge in [-0.15, -0.1) is 0 Å². The number of ketones is 3. The molecule has 0 aliphatic rings. The molecular weight excluding hydrogens is 472 g/mol. The number of hydrogen-bond donors (Lipinski definition) is 2. The standard InChI is InChI=1S/C29H36N2O6/c1-19(2)15-23(25(32)17-26(33)27(34)22-13-9-6-10-14-22)30-28(35)24(16-20(3)4)31-29(36)37-18-21-11-7-5-8-12-21/h5-14,19-20,23-24H,15-18H2,1-4H3,(H,30,35)(H,31,36)/t23-,24-/m0/s1. The molecule has 0 spiro atoms. The van der Waals surface area contributed by atoms with Gasteiger partial charge in [0.15, 0.2) is 5.78 Å². The molecule has 0 saturated heterocycles. The molecule has 2 aromatic rings. The number of rotatable bonds is 14. The summed E-state index contributed by atoms with van der Waals surface area (Å²) in [5.41, 5.74) is 1.01. The Hall–Kier alpha value is -3.81. The first-order chi connectivity index (χ1) is 17.6. The highest BCUT2D eigenvalue weighted by Gasteiger charge is 2.30. The van der Waals surface area contributed by atoms with Crippen molar-refractivity contribution in [2.24, 2.45) is 11.8 Å². The Kier molecular flexibility index (Phi) is 11.7. The molecule has 2 aromatic carbocycles. The molecule has 0 radical (unpaired) electrons. The third-order valence-electron chi connectivity index (χ3n) is 5.56. The molecule has 2 rings (SSSR count). The molecule has 2 amide bonds. The molecule has 0 bridgehead atoms. The van der Waals surface area contributed by atoms with Crippen LogP contribution in [0.25, 0.3) is 0 Å². The number of carbonyl (C=O) groups excluding carboxylic acids is 5. The van der Waals surface area contributed by atoms with E-state index in [1.807, 2.05) is 58.0 Å². The summed E-state index contributed by atoms with van der Waals surface area (Å²) in [5.74, 6) is -2.59. The molecule has 8 heteroatoms. The summed E-state index contributed by atoms with van der Waals surface area (Å²) in [6.07, 6.45) is -0.767. The first-order valence-corrected chi connectivity index (χ1v) is 12.5.